The van der Waals surface area contributed by atoms with E-state index < -0.39 is 5.91 Å². The minimum atomic E-state index is -0.656. The number of methoxy groups -OCH3 is 1. The molecule has 1 amide bonds. The molecule has 7 nitrogen and oxygen atoms in total. The minimum Gasteiger partial charge on any atom is -0.493 e. The molecule has 0 saturated heterocycles. The Balaban J connectivity index is 2.54. The molecule has 0 radical (unpaired) electrons. The molecule has 0 saturated carbocycles. The topological polar surface area (TPSA) is 103 Å². The Kier molecular flexibility index (Phi) is 4.46. The number of primary amides is 1. The van der Waals surface area contributed by atoms with E-state index in [0.717, 1.165) is 0 Å². The third-order valence-corrected chi connectivity index (χ3v) is 3.23. The van der Waals surface area contributed by atoms with E-state index in [1.165, 1.54) is 7.11 Å². The summed E-state index contributed by atoms with van der Waals surface area (Å²) >= 11 is 3.43. The van der Waals surface area contributed by atoms with Crippen LogP contribution >= 0.6 is 15.9 Å². The maximum Gasteiger partial charge on any atom is 0.271 e. The Bertz CT molecular complexity index is 669. The predicted molar refractivity (Wildman–Crippen MR) is 80.4 cm³/mol. The average molecular weight is 355 g/mol. The number of ether oxygens (including phenoxy) is 2. The van der Waals surface area contributed by atoms with Crippen LogP contribution in [0.15, 0.2) is 16.6 Å². The first-order chi connectivity index (χ1) is 9.93. The first-order valence-corrected chi connectivity index (χ1v) is 6.98. The summed E-state index contributed by atoms with van der Waals surface area (Å²) in [6.07, 6.45) is -0.00530. The number of aromatic amines is 1. The van der Waals surface area contributed by atoms with Gasteiger partial charge in [-0.2, -0.15) is 15.4 Å². The highest BCUT2D eigenvalue weighted by Crippen LogP contribution is 2.40. The van der Waals surface area contributed by atoms with Gasteiger partial charge in [0, 0.05) is 5.56 Å². The zero-order valence-corrected chi connectivity index (χ0v) is 13.4. The van der Waals surface area contributed by atoms with Crippen LogP contribution in [-0.4, -0.2) is 34.5 Å². The molecule has 0 aliphatic rings. The van der Waals surface area contributed by atoms with Crippen molar-refractivity contribution in [3.05, 3.63) is 22.3 Å². The van der Waals surface area contributed by atoms with Crippen molar-refractivity contribution in [3.8, 4) is 22.8 Å². The lowest BCUT2D eigenvalue weighted by Gasteiger charge is -2.16. The Morgan fingerprint density at radius 1 is 1.38 bits per heavy atom. The van der Waals surface area contributed by atoms with Crippen molar-refractivity contribution in [1.29, 1.82) is 0 Å². The number of hydrogen-bond donors (Lipinski definition) is 2. The number of rotatable bonds is 5. The second kappa shape index (κ2) is 6.13. The number of halogens is 1. The zero-order valence-electron chi connectivity index (χ0n) is 11.8. The first kappa shape index (κ1) is 15.3. The van der Waals surface area contributed by atoms with E-state index in [2.05, 4.69) is 31.3 Å². The van der Waals surface area contributed by atoms with Crippen LogP contribution in [0.25, 0.3) is 11.3 Å². The van der Waals surface area contributed by atoms with E-state index in [4.69, 9.17) is 15.2 Å². The van der Waals surface area contributed by atoms with E-state index in [1.807, 2.05) is 13.8 Å². The van der Waals surface area contributed by atoms with Gasteiger partial charge in [0.2, 0.25) is 0 Å². The Morgan fingerprint density at radius 2 is 2.10 bits per heavy atom. The van der Waals surface area contributed by atoms with Crippen LogP contribution in [0, 0.1) is 0 Å². The van der Waals surface area contributed by atoms with Crippen LogP contribution < -0.4 is 15.2 Å². The largest absolute Gasteiger partial charge is 0.493 e. The van der Waals surface area contributed by atoms with Gasteiger partial charge in [-0.15, -0.1) is 0 Å². The summed E-state index contributed by atoms with van der Waals surface area (Å²) in [7, 11) is 1.54. The van der Waals surface area contributed by atoms with Crippen LogP contribution in [0.1, 0.15) is 24.3 Å². The van der Waals surface area contributed by atoms with Gasteiger partial charge in [-0.1, -0.05) is 0 Å². The van der Waals surface area contributed by atoms with Gasteiger partial charge in [0.25, 0.3) is 5.91 Å². The molecule has 3 N–H and O–H groups in total. The fourth-order valence-corrected chi connectivity index (χ4v) is 2.35. The van der Waals surface area contributed by atoms with Crippen molar-refractivity contribution in [2.24, 2.45) is 5.73 Å². The van der Waals surface area contributed by atoms with Gasteiger partial charge in [0.15, 0.2) is 17.2 Å². The van der Waals surface area contributed by atoms with Crippen LogP contribution in [0.5, 0.6) is 11.5 Å². The molecule has 2 rings (SSSR count). The molecule has 0 bridgehead atoms. The molecule has 112 valence electrons. The van der Waals surface area contributed by atoms with Gasteiger partial charge >= 0.3 is 0 Å². The predicted octanol–water partition coefficient (Wildman–Crippen LogP) is 2.13. The maximum absolute atomic E-state index is 11.3. The van der Waals surface area contributed by atoms with Crippen molar-refractivity contribution in [1.82, 2.24) is 15.4 Å². The van der Waals surface area contributed by atoms with Crippen molar-refractivity contribution >= 4 is 21.8 Å². The van der Waals surface area contributed by atoms with E-state index in [-0.39, 0.29) is 11.8 Å². The van der Waals surface area contributed by atoms with Crippen LogP contribution in [0.4, 0.5) is 0 Å². The number of carbonyl (C=O) groups excluding carboxylic acids is 1. The van der Waals surface area contributed by atoms with E-state index >= 15 is 0 Å². The zero-order chi connectivity index (χ0) is 15.6. The lowest BCUT2D eigenvalue weighted by molar-refractivity contribution is 0.0996. The molecule has 21 heavy (non-hydrogen) atoms. The van der Waals surface area contributed by atoms with Crippen LogP contribution in [-0.2, 0) is 0 Å². The number of aromatic nitrogens is 3. The number of nitrogens with two attached hydrogens (primary N) is 1. The average Bonchev–Trinajstić information content (AvgIpc) is 2.89. The first-order valence-electron chi connectivity index (χ1n) is 6.19. The van der Waals surface area contributed by atoms with Gasteiger partial charge < -0.3 is 15.2 Å². The smallest absolute Gasteiger partial charge is 0.271 e. The van der Waals surface area contributed by atoms with Gasteiger partial charge in [-0.3, -0.25) is 4.79 Å². The van der Waals surface area contributed by atoms with Gasteiger partial charge in [0.05, 0.1) is 17.7 Å². The molecule has 0 aliphatic carbocycles. The summed E-state index contributed by atoms with van der Waals surface area (Å²) < 4.78 is 11.7. The fourth-order valence-electron chi connectivity index (χ4n) is 1.81. The molecule has 1 aromatic carbocycles. The summed E-state index contributed by atoms with van der Waals surface area (Å²) in [5.41, 5.74) is 6.34. The third kappa shape index (κ3) is 3.15. The number of amides is 1. The molecule has 0 unspecified atom stereocenters. The monoisotopic (exact) mass is 354 g/mol. The molecule has 8 heteroatoms. The fraction of sp³-hybridized carbons (Fsp3) is 0.308. The molecule has 1 heterocycles. The second-order valence-electron chi connectivity index (χ2n) is 4.54. The summed E-state index contributed by atoms with van der Waals surface area (Å²) in [6, 6.07) is 3.48. The quantitative estimate of drug-likeness (QED) is 0.855. The summed E-state index contributed by atoms with van der Waals surface area (Å²) in [4.78, 5) is 11.3. The van der Waals surface area contributed by atoms with Crippen molar-refractivity contribution < 1.29 is 14.3 Å². The SMILES string of the molecule is COc1cc(-c2n[nH]nc2C(N)=O)cc(Br)c1OC(C)C. The Hall–Kier alpha value is -2.09. The third-order valence-electron chi connectivity index (χ3n) is 2.64. The van der Waals surface area contributed by atoms with E-state index in [9.17, 15) is 4.79 Å². The molecule has 0 fully saturated rings. The lowest BCUT2D eigenvalue weighted by atomic mass is 10.1. The van der Waals surface area contributed by atoms with Gasteiger partial charge in [0.1, 0.15) is 5.69 Å². The standard InChI is InChI=1S/C13H15BrN4O3/c1-6(2)21-12-8(14)4-7(5-9(12)20-3)10-11(13(15)19)17-18-16-10/h4-6H,1-3H3,(H2,15,19)(H,16,17,18). The minimum absolute atomic E-state index is 0.00530. The van der Waals surface area contributed by atoms with Gasteiger partial charge in [-0.25, -0.2) is 0 Å². The van der Waals surface area contributed by atoms with E-state index in [1.54, 1.807) is 12.1 Å². The molecule has 1 aromatic heterocycles. The van der Waals surface area contributed by atoms with Gasteiger partial charge in [-0.05, 0) is 41.9 Å². The highest BCUT2D eigenvalue weighted by molar-refractivity contribution is 9.10. The number of nitrogens with zero attached hydrogens (tertiary/aromatic N) is 2. The molecule has 0 atom stereocenters. The summed E-state index contributed by atoms with van der Waals surface area (Å²) in [5.74, 6) is 0.447. The number of H-pyrrole nitrogens is 1. The Morgan fingerprint density at radius 3 is 2.67 bits per heavy atom. The van der Waals surface area contributed by atoms with Crippen molar-refractivity contribution in [3.63, 3.8) is 0 Å². The number of hydrogen-bond acceptors (Lipinski definition) is 5. The van der Waals surface area contributed by atoms with E-state index in [0.29, 0.717) is 27.2 Å². The summed E-state index contributed by atoms with van der Waals surface area (Å²) in [5, 5.41) is 10.1. The van der Waals surface area contributed by atoms with Crippen molar-refractivity contribution in [2.75, 3.05) is 7.11 Å². The highest BCUT2D eigenvalue weighted by Gasteiger charge is 2.19. The highest BCUT2D eigenvalue weighted by atomic mass is 79.9. The lowest BCUT2D eigenvalue weighted by Crippen LogP contribution is -2.13. The van der Waals surface area contributed by atoms with Crippen LogP contribution in [0.2, 0.25) is 0 Å². The molecule has 2 aromatic rings. The second-order valence-corrected chi connectivity index (χ2v) is 5.40. The molecular weight excluding hydrogens is 340 g/mol. The molecule has 0 spiro atoms. The summed E-state index contributed by atoms with van der Waals surface area (Å²) in [6.45, 7) is 3.84. The number of benzene rings is 1. The maximum atomic E-state index is 11.3. The van der Waals surface area contributed by atoms with Crippen molar-refractivity contribution in [2.45, 2.75) is 20.0 Å². The Labute approximate surface area is 129 Å². The number of nitrogens with one attached hydrogen (secondary N) is 1. The van der Waals surface area contributed by atoms with Crippen LogP contribution in [0.3, 0.4) is 0 Å². The molecular formula is C13H15BrN4O3. The molecule has 0 aliphatic heterocycles. The normalized spacial score (nSPS) is 10.7. The number of carbonyl (C=O) groups is 1.